The summed E-state index contributed by atoms with van der Waals surface area (Å²) in [7, 11) is 0. The molecule has 0 radical (unpaired) electrons. The van der Waals surface area contributed by atoms with E-state index in [4.69, 9.17) is 10.00 Å². The van der Waals surface area contributed by atoms with Crippen LogP contribution < -0.4 is 4.74 Å². The largest absolute Gasteiger partial charge is 0.486 e. The molecule has 0 bridgehead atoms. The number of halogens is 3. The molecule has 0 amide bonds. The van der Waals surface area contributed by atoms with Gasteiger partial charge in [0.1, 0.15) is 12.7 Å². The first-order chi connectivity index (χ1) is 9.11. The molecule has 2 rings (SSSR count). The van der Waals surface area contributed by atoms with E-state index in [1.807, 2.05) is 30.3 Å². The summed E-state index contributed by atoms with van der Waals surface area (Å²) >= 11 is 6.40. The summed E-state index contributed by atoms with van der Waals surface area (Å²) in [6, 6.07) is 12.4. The Morgan fingerprint density at radius 3 is 2.68 bits per heavy atom. The first-order valence-electron chi connectivity index (χ1n) is 5.37. The summed E-state index contributed by atoms with van der Waals surface area (Å²) < 4.78 is 20.4. The van der Waals surface area contributed by atoms with E-state index in [-0.39, 0.29) is 22.4 Å². The molecule has 0 heterocycles. The van der Waals surface area contributed by atoms with Crippen molar-refractivity contribution in [3.63, 3.8) is 0 Å². The molecule has 0 unspecified atom stereocenters. The van der Waals surface area contributed by atoms with Crippen molar-refractivity contribution in [1.29, 1.82) is 5.26 Å². The average molecular weight is 385 g/mol. The predicted molar refractivity (Wildman–Crippen MR) is 77.3 cm³/mol. The van der Waals surface area contributed by atoms with Gasteiger partial charge in [-0.25, -0.2) is 4.39 Å². The maximum absolute atomic E-state index is 13.9. The zero-order valence-electron chi connectivity index (χ0n) is 9.66. The van der Waals surface area contributed by atoms with Crippen LogP contribution in [0.5, 0.6) is 5.75 Å². The van der Waals surface area contributed by atoms with Crippen LogP contribution in [0, 0.1) is 17.1 Å². The molecule has 0 spiro atoms. The summed E-state index contributed by atoms with van der Waals surface area (Å²) in [6.45, 7) is 0.259. The summed E-state index contributed by atoms with van der Waals surface area (Å²) in [5.74, 6) is -0.445. The Balaban J connectivity index is 2.17. The molecule has 0 aliphatic heterocycles. The topological polar surface area (TPSA) is 33.0 Å². The minimum atomic E-state index is -0.561. The second-order valence-electron chi connectivity index (χ2n) is 3.77. The van der Waals surface area contributed by atoms with E-state index in [9.17, 15) is 4.39 Å². The molecule has 0 saturated heterocycles. The van der Waals surface area contributed by atoms with E-state index in [1.165, 1.54) is 12.1 Å². The lowest BCUT2D eigenvalue weighted by molar-refractivity contribution is 0.289. The fourth-order valence-corrected chi connectivity index (χ4v) is 2.38. The molecule has 0 atom stereocenters. The molecular formula is C14H8Br2FNO. The highest BCUT2D eigenvalue weighted by Crippen LogP contribution is 2.28. The first kappa shape index (κ1) is 14.0. The Kier molecular flexibility index (Phi) is 4.56. The third-order valence-electron chi connectivity index (χ3n) is 2.45. The molecule has 19 heavy (non-hydrogen) atoms. The van der Waals surface area contributed by atoms with Gasteiger partial charge in [-0.1, -0.05) is 28.1 Å². The highest BCUT2D eigenvalue weighted by molar-refractivity contribution is 9.10. The number of ether oxygens (including phenoxy) is 1. The van der Waals surface area contributed by atoms with E-state index in [0.717, 1.165) is 10.0 Å². The van der Waals surface area contributed by atoms with Crippen molar-refractivity contribution >= 4 is 31.9 Å². The maximum Gasteiger partial charge on any atom is 0.180 e. The van der Waals surface area contributed by atoms with Gasteiger partial charge in [-0.2, -0.15) is 5.26 Å². The van der Waals surface area contributed by atoms with Crippen LogP contribution in [0.3, 0.4) is 0 Å². The second-order valence-corrected chi connectivity index (χ2v) is 5.48. The number of rotatable bonds is 3. The van der Waals surface area contributed by atoms with Crippen LogP contribution in [0.1, 0.15) is 11.1 Å². The Labute approximate surface area is 127 Å². The van der Waals surface area contributed by atoms with E-state index < -0.39 is 5.82 Å². The van der Waals surface area contributed by atoms with Crippen molar-refractivity contribution in [2.45, 2.75) is 6.61 Å². The van der Waals surface area contributed by atoms with Crippen molar-refractivity contribution in [3.05, 3.63) is 62.3 Å². The Bertz CT molecular complexity index is 652. The Morgan fingerprint density at radius 1 is 1.21 bits per heavy atom. The van der Waals surface area contributed by atoms with E-state index >= 15 is 0 Å². The molecule has 0 aromatic heterocycles. The van der Waals surface area contributed by atoms with Gasteiger partial charge in [-0.05, 0) is 45.8 Å². The number of benzene rings is 2. The number of hydrogen-bond acceptors (Lipinski definition) is 2. The summed E-state index contributed by atoms with van der Waals surface area (Å²) in [5.41, 5.74) is 1.17. The van der Waals surface area contributed by atoms with E-state index in [1.54, 1.807) is 0 Å². The molecule has 0 aliphatic rings. The van der Waals surface area contributed by atoms with Gasteiger partial charge in [0.25, 0.3) is 0 Å². The van der Waals surface area contributed by atoms with Gasteiger partial charge in [0.15, 0.2) is 11.6 Å². The summed E-state index contributed by atoms with van der Waals surface area (Å²) in [6.07, 6.45) is 0. The number of nitrogens with zero attached hydrogens (tertiary/aromatic N) is 1. The monoisotopic (exact) mass is 383 g/mol. The predicted octanol–water partition coefficient (Wildman–Crippen LogP) is 4.80. The normalized spacial score (nSPS) is 10.0. The van der Waals surface area contributed by atoms with Crippen LogP contribution in [-0.2, 0) is 6.61 Å². The third-order valence-corrected chi connectivity index (χ3v) is 3.72. The van der Waals surface area contributed by atoms with Gasteiger partial charge in [0.2, 0.25) is 0 Å². The zero-order valence-corrected chi connectivity index (χ0v) is 12.8. The molecule has 5 heteroatoms. The average Bonchev–Trinajstić information content (AvgIpc) is 2.41. The van der Waals surface area contributed by atoms with Crippen molar-refractivity contribution in [2.75, 3.05) is 0 Å². The van der Waals surface area contributed by atoms with Crippen molar-refractivity contribution in [2.24, 2.45) is 0 Å². The minimum absolute atomic E-state index is 0.117. The van der Waals surface area contributed by atoms with Gasteiger partial charge in [0, 0.05) is 4.47 Å². The molecular weight excluding hydrogens is 377 g/mol. The quantitative estimate of drug-likeness (QED) is 0.761. The van der Waals surface area contributed by atoms with Crippen LogP contribution in [0.4, 0.5) is 4.39 Å². The fraction of sp³-hybridized carbons (Fsp3) is 0.0714. The molecule has 2 aromatic carbocycles. The van der Waals surface area contributed by atoms with Crippen LogP contribution >= 0.6 is 31.9 Å². The van der Waals surface area contributed by atoms with E-state index in [0.29, 0.717) is 0 Å². The Morgan fingerprint density at radius 2 is 2.00 bits per heavy atom. The van der Waals surface area contributed by atoms with Gasteiger partial charge in [0.05, 0.1) is 10.0 Å². The zero-order chi connectivity index (χ0) is 13.8. The third kappa shape index (κ3) is 3.34. The summed E-state index contributed by atoms with van der Waals surface area (Å²) in [5, 5.41) is 8.78. The fourth-order valence-electron chi connectivity index (χ4n) is 1.52. The van der Waals surface area contributed by atoms with Gasteiger partial charge >= 0.3 is 0 Å². The van der Waals surface area contributed by atoms with E-state index in [2.05, 4.69) is 31.9 Å². The SMILES string of the molecule is N#Cc1ccc(OCc2cccc(Br)c2)c(F)c1Br. The van der Waals surface area contributed by atoms with Gasteiger partial charge < -0.3 is 4.74 Å². The standard InChI is InChI=1S/C14H8Br2FNO/c15-11-3-1-2-9(6-11)8-19-12-5-4-10(7-18)13(16)14(12)17/h1-6H,8H2. The highest BCUT2D eigenvalue weighted by atomic mass is 79.9. The van der Waals surface area contributed by atoms with Crippen LogP contribution in [0.2, 0.25) is 0 Å². The van der Waals surface area contributed by atoms with Gasteiger partial charge in [-0.3, -0.25) is 0 Å². The lowest BCUT2D eigenvalue weighted by atomic mass is 10.2. The van der Waals surface area contributed by atoms with Gasteiger partial charge in [-0.15, -0.1) is 0 Å². The summed E-state index contributed by atoms with van der Waals surface area (Å²) in [4.78, 5) is 0. The smallest absolute Gasteiger partial charge is 0.180 e. The molecule has 2 aromatic rings. The maximum atomic E-state index is 13.9. The van der Waals surface area contributed by atoms with Crippen LogP contribution in [0.15, 0.2) is 45.3 Å². The van der Waals surface area contributed by atoms with Crippen LogP contribution in [-0.4, -0.2) is 0 Å². The molecule has 2 nitrogen and oxygen atoms in total. The molecule has 0 aliphatic carbocycles. The number of hydrogen-bond donors (Lipinski definition) is 0. The molecule has 0 fully saturated rings. The highest BCUT2D eigenvalue weighted by Gasteiger charge is 2.12. The van der Waals surface area contributed by atoms with Crippen molar-refractivity contribution in [1.82, 2.24) is 0 Å². The minimum Gasteiger partial charge on any atom is -0.486 e. The molecule has 96 valence electrons. The van der Waals surface area contributed by atoms with Crippen molar-refractivity contribution in [3.8, 4) is 11.8 Å². The Hall–Kier alpha value is -1.38. The second kappa shape index (κ2) is 6.18. The first-order valence-corrected chi connectivity index (χ1v) is 6.95. The molecule has 0 N–H and O–H groups in total. The number of nitriles is 1. The van der Waals surface area contributed by atoms with Crippen molar-refractivity contribution < 1.29 is 9.13 Å². The lowest BCUT2D eigenvalue weighted by Crippen LogP contribution is -1.98. The lowest BCUT2D eigenvalue weighted by Gasteiger charge is -2.09. The molecule has 0 saturated carbocycles. The van der Waals surface area contributed by atoms with Crippen LogP contribution in [0.25, 0.3) is 0 Å².